The Hall–Kier alpha value is -3.77. The van der Waals surface area contributed by atoms with E-state index in [1.807, 2.05) is 62.4 Å². The fourth-order valence-electron chi connectivity index (χ4n) is 4.64. The number of fused-ring (bicyclic) bond motifs is 3. The molecule has 0 atom stereocenters. The zero-order valence-corrected chi connectivity index (χ0v) is 20.3. The molecule has 0 bridgehead atoms. The smallest absolute Gasteiger partial charge is 0.232 e. The van der Waals surface area contributed by atoms with Gasteiger partial charge in [0.2, 0.25) is 5.78 Å². The average Bonchev–Trinajstić information content (AvgIpc) is 3.21. The van der Waals surface area contributed by atoms with Crippen molar-refractivity contribution < 1.29 is 23.7 Å². The second-order valence-corrected chi connectivity index (χ2v) is 8.67. The van der Waals surface area contributed by atoms with Crippen molar-refractivity contribution in [3.05, 3.63) is 88.2 Å². The van der Waals surface area contributed by atoms with Crippen LogP contribution in [0.5, 0.6) is 23.0 Å². The van der Waals surface area contributed by atoms with Gasteiger partial charge in [-0.25, -0.2) is 0 Å². The molecule has 180 valence electrons. The number of aryl methyl sites for hydroxylation is 1. The molecular weight excluding hydrogens is 442 g/mol. The quantitative estimate of drug-likeness (QED) is 0.429. The van der Waals surface area contributed by atoms with Crippen molar-refractivity contribution in [3.63, 3.8) is 0 Å². The maximum Gasteiger partial charge on any atom is 0.232 e. The maximum atomic E-state index is 13.3. The highest BCUT2D eigenvalue weighted by atomic mass is 16.5. The molecule has 0 aliphatic carbocycles. The number of benzene rings is 3. The molecule has 35 heavy (non-hydrogen) atoms. The van der Waals surface area contributed by atoms with E-state index < -0.39 is 0 Å². The lowest BCUT2D eigenvalue weighted by Crippen LogP contribution is -2.34. The van der Waals surface area contributed by atoms with Crippen molar-refractivity contribution in [2.45, 2.75) is 26.8 Å². The van der Waals surface area contributed by atoms with Crippen molar-refractivity contribution >= 4 is 11.9 Å². The minimum atomic E-state index is -0.113. The van der Waals surface area contributed by atoms with Crippen LogP contribution in [0.2, 0.25) is 0 Å². The third-order valence-electron chi connectivity index (χ3n) is 6.38. The van der Waals surface area contributed by atoms with E-state index in [-0.39, 0.29) is 5.78 Å². The van der Waals surface area contributed by atoms with Crippen molar-refractivity contribution in [3.8, 4) is 23.0 Å². The van der Waals surface area contributed by atoms with Gasteiger partial charge in [0.25, 0.3) is 0 Å². The lowest BCUT2D eigenvalue weighted by atomic mass is 9.98. The monoisotopic (exact) mass is 471 g/mol. The standard InChI is InChI=1S/C29H29NO5/c1-4-33-24-12-8-6-10-21(24)16-26-28(31)27-19(2)15-25-22(29(27)35-26)17-30(18-34-25)14-13-20-9-5-7-11-23(20)32-3/h5-12,15-16H,4,13-14,17-18H2,1-3H3/b26-16-. The molecule has 0 radical (unpaired) electrons. The SMILES string of the molecule is CCOc1ccccc1/C=C1\Oc2c3c(cc(C)c2C1=O)OCN(CCc1ccccc1OC)C3. The van der Waals surface area contributed by atoms with E-state index in [0.717, 1.165) is 52.5 Å². The molecule has 5 rings (SSSR count). The first-order valence-corrected chi connectivity index (χ1v) is 11.9. The molecule has 0 fully saturated rings. The molecule has 0 spiro atoms. The Morgan fingerprint density at radius 3 is 2.66 bits per heavy atom. The number of rotatable bonds is 7. The van der Waals surface area contributed by atoms with Gasteiger partial charge in [-0.1, -0.05) is 36.4 Å². The van der Waals surface area contributed by atoms with Gasteiger partial charge in [-0.3, -0.25) is 9.69 Å². The highest BCUT2D eigenvalue weighted by Crippen LogP contribution is 2.44. The van der Waals surface area contributed by atoms with Crippen LogP contribution in [-0.2, 0) is 13.0 Å². The molecule has 0 amide bonds. The van der Waals surface area contributed by atoms with Crippen molar-refractivity contribution in [2.75, 3.05) is 27.0 Å². The Balaban J connectivity index is 1.40. The third kappa shape index (κ3) is 4.49. The van der Waals surface area contributed by atoms with Crippen LogP contribution >= 0.6 is 0 Å². The molecule has 0 unspecified atom stereocenters. The number of carbonyl (C=O) groups is 1. The molecule has 0 N–H and O–H groups in total. The molecule has 2 heterocycles. The second-order valence-electron chi connectivity index (χ2n) is 8.67. The summed E-state index contributed by atoms with van der Waals surface area (Å²) in [7, 11) is 1.69. The predicted molar refractivity (Wildman–Crippen MR) is 134 cm³/mol. The molecule has 2 aliphatic heterocycles. The van der Waals surface area contributed by atoms with E-state index in [1.165, 1.54) is 0 Å². The van der Waals surface area contributed by atoms with E-state index in [2.05, 4.69) is 11.0 Å². The van der Waals surface area contributed by atoms with Crippen LogP contribution in [0.3, 0.4) is 0 Å². The fourth-order valence-corrected chi connectivity index (χ4v) is 4.64. The topological polar surface area (TPSA) is 57.2 Å². The van der Waals surface area contributed by atoms with Crippen LogP contribution in [0.25, 0.3) is 6.08 Å². The summed E-state index contributed by atoms with van der Waals surface area (Å²) in [5, 5.41) is 0. The Kier molecular flexibility index (Phi) is 6.47. The van der Waals surface area contributed by atoms with Crippen LogP contribution in [0.15, 0.2) is 60.4 Å². The first-order chi connectivity index (χ1) is 17.1. The Bertz CT molecular complexity index is 1300. The summed E-state index contributed by atoms with van der Waals surface area (Å²) in [6.45, 7) is 6.33. The minimum Gasteiger partial charge on any atom is -0.496 e. The zero-order chi connectivity index (χ0) is 24.4. The van der Waals surface area contributed by atoms with Crippen LogP contribution in [0, 0.1) is 6.92 Å². The second kappa shape index (κ2) is 9.84. The summed E-state index contributed by atoms with van der Waals surface area (Å²) in [6.07, 6.45) is 2.60. The number of hydrogen-bond donors (Lipinski definition) is 0. The van der Waals surface area contributed by atoms with Gasteiger partial charge in [-0.05, 0) is 55.7 Å². The summed E-state index contributed by atoms with van der Waals surface area (Å²) in [6, 6.07) is 17.6. The lowest BCUT2D eigenvalue weighted by Gasteiger charge is -2.30. The summed E-state index contributed by atoms with van der Waals surface area (Å²) in [5.41, 5.74) is 4.34. The largest absolute Gasteiger partial charge is 0.496 e. The van der Waals surface area contributed by atoms with Crippen LogP contribution in [-0.4, -0.2) is 37.7 Å². The van der Waals surface area contributed by atoms with Gasteiger partial charge in [0.05, 0.1) is 24.8 Å². The fraction of sp³-hybridized carbons (Fsp3) is 0.276. The van der Waals surface area contributed by atoms with Gasteiger partial charge in [-0.15, -0.1) is 0 Å². The zero-order valence-electron chi connectivity index (χ0n) is 20.3. The number of hydrogen-bond acceptors (Lipinski definition) is 6. The maximum absolute atomic E-state index is 13.3. The van der Waals surface area contributed by atoms with E-state index in [1.54, 1.807) is 13.2 Å². The van der Waals surface area contributed by atoms with Crippen LogP contribution in [0.4, 0.5) is 0 Å². The lowest BCUT2D eigenvalue weighted by molar-refractivity contribution is 0.0947. The van der Waals surface area contributed by atoms with Crippen LogP contribution < -0.4 is 18.9 Å². The highest BCUT2D eigenvalue weighted by Gasteiger charge is 2.35. The van der Waals surface area contributed by atoms with Crippen molar-refractivity contribution in [2.24, 2.45) is 0 Å². The first-order valence-electron chi connectivity index (χ1n) is 11.9. The third-order valence-corrected chi connectivity index (χ3v) is 6.38. The van der Waals surface area contributed by atoms with Gasteiger partial charge in [0.15, 0.2) is 5.76 Å². The van der Waals surface area contributed by atoms with E-state index in [0.29, 0.717) is 37.0 Å². The first kappa shape index (κ1) is 23.0. The molecule has 0 saturated heterocycles. The Morgan fingerprint density at radius 2 is 1.86 bits per heavy atom. The normalized spacial score (nSPS) is 15.9. The number of Topliss-reactive ketones (excluding diaryl/α,β-unsaturated/α-hetero) is 1. The Morgan fingerprint density at radius 1 is 1.09 bits per heavy atom. The molecule has 3 aromatic rings. The molecule has 2 aliphatic rings. The van der Waals surface area contributed by atoms with E-state index in [9.17, 15) is 4.79 Å². The Labute approximate surface area is 205 Å². The van der Waals surface area contributed by atoms with E-state index in [4.69, 9.17) is 18.9 Å². The molecule has 3 aromatic carbocycles. The van der Waals surface area contributed by atoms with Gasteiger partial charge in [-0.2, -0.15) is 0 Å². The predicted octanol–water partition coefficient (Wildman–Crippen LogP) is 5.41. The number of para-hydroxylation sites is 2. The van der Waals surface area contributed by atoms with Gasteiger partial charge >= 0.3 is 0 Å². The average molecular weight is 472 g/mol. The summed E-state index contributed by atoms with van der Waals surface area (Å²) < 4.78 is 23.5. The molecular formula is C29H29NO5. The van der Waals surface area contributed by atoms with Crippen molar-refractivity contribution in [1.82, 2.24) is 4.90 Å². The molecule has 6 heteroatoms. The highest BCUT2D eigenvalue weighted by molar-refractivity contribution is 6.16. The van der Waals surface area contributed by atoms with Crippen molar-refractivity contribution in [1.29, 1.82) is 0 Å². The summed E-state index contributed by atoms with van der Waals surface area (Å²) in [4.78, 5) is 15.5. The number of nitrogens with zero attached hydrogens (tertiary/aromatic N) is 1. The van der Waals surface area contributed by atoms with Gasteiger partial charge in [0.1, 0.15) is 29.7 Å². The minimum absolute atomic E-state index is 0.113. The van der Waals surface area contributed by atoms with Crippen LogP contribution in [0.1, 0.15) is 39.5 Å². The number of ketones is 1. The summed E-state index contributed by atoms with van der Waals surface area (Å²) in [5.74, 6) is 3.18. The molecule has 0 saturated carbocycles. The number of allylic oxidation sites excluding steroid dienone is 1. The molecule has 6 nitrogen and oxygen atoms in total. The number of carbonyl (C=O) groups excluding carboxylic acids is 1. The number of ether oxygens (including phenoxy) is 4. The van der Waals surface area contributed by atoms with Gasteiger partial charge in [0, 0.05) is 18.7 Å². The van der Waals surface area contributed by atoms with E-state index >= 15 is 0 Å². The van der Waals surface area contributed by atoms with Gasteiger partial charge < -0.3 is 18.9 Å². The summed E-state index contributed by atoms with van der Waals surface area (Å²) >= 11 is 0. The molecule has 0 aromatic heterocycles. The number of methoxy groups -OCH3 is 1.